The Morgan fingerprint density at radius 2 is 1.97 bits per heavy atom. The Labute approximate surface area is 171 Å². The molecule has 1 aromatic rings. The third-order valence-electron chi connectivity index (χ3n) is 5.01. The molecule has 0 unspecified atom stereocenters. The second kappa shape index (κ2) is 7.68. The Hall–Kier alpha value is -3.59. The molecule has 1 aromatic carbocycles. The number of ketones is 1. The number of fused-ring (bicyclic) bond motifs is 1. The number of hydrogen-bond acceptors (Lipinski definition) is 8. The quantitative estimate of drug-likeness (QED) is 0.421. The zero-order valence-corrected chi connectivity index (χ0v) is 16.2. The molecule has 0 radical (unpaired) electrons. The Kier molecular flexibility index (Phi) is 5.41. The largest absolute Gasteiger partial charge is 0.508 e. The van der Waals surface area contributed by atoms with Crippen LogP contribution in [0.1, 0.15) is 22.8 Å². The van der Waals surface area contributed by atoms with Crippen molar-refractivity contribution in [3.63, 3.8) is 0 Å². The highest BCUT2D eigenvalue weighted by Gasteiger charge is 2.51. The number of phenols is 2. The Balaban J connectivity index is 1.94. The van der Waals surface area contributed by atoms with Crippen molar-refractivity contribution in [2.24, 2.45) is 5.92 Å². The molecule has 9 heteroatoms. The van der Waals surface area contributed by atoms with E-state index in [1.54, 1.807) is 0 Å². The molecule has 3 atom stereocenters. The molecular formula is C21H20O9. The smallest absolute Gasteiger partial charge is 0.342 e. The number of aliphatic carboxylic acids is 1. The fourth-order valence-corrected chi connectivity index (χ4v) is 3.47. The summed E-state index contributed by atoms with van der Waals surface area (Å²) in [5, 5.41) is 39.0. The van der Waals surface area contributed by atoms with Crippen molar-refractivity contribution >= 4 is 17.7 Å². The summed E-state index contributed by atoms with van der Waals surface area (Å²) in [6.45, 7) is 2.62. The van der Waals surface area contributed by atoms with E-state index >= 15 is 0 Å². The number of carboxylic acids is 1. The van der Waals surface area contributed by atoms with E-state index in [0.29, 0.717) is 5.57 Å². The van der Waals surface area contributed by atoms with Crippen molar-refractivity contribution in [1.29, 1.82) is 0 Å². The number of allylic oxidation sites excluding steroid dienone is 2. The van der Waals surface area contributed by atoms with Crippen LogP contribution in [0, 0.1) is 12.8 Å². The topological polar surface area (TPSA) is 151 Å². The zero-order chi connectivity index (χ0) is 22.2. The number of phenolic OH excluding ortho intramolecular Hbond substituents is 2. The summed E-state index contributed by atoms with van der Waals surface area (Å²) in [5.74, 6) is -4.10. The van der Waals surface area contributed by atoms with Gasteiger partial charge in [0.25, 0.3) is 0 Å². The van der Waals surface area contributed by atoms with Crippen LogP contribution in [0.3, 0.4) is 0 Å². The number of ether oxygens (including phenoxy) is 2. The van der Waals surface area contributed by atoms with Gasteiger partial charge in [0.15, 0.2) is 11.4 Å². The minimum Gasteiger partial charge on any atom is -0.508 e. The average molecular weight is 416 g/mol. The molecule has 0 spiro atoms. The molecular weight excluding hydrogens is 396 g/mol. The maximum Gasteiger partial charge on any atom is 0.342 e. The van der Waals surface area contributed by atoms with E-state index in [4.69, 9.17) is 14.6 Å². The minimum atomic E-state index is -2.05. The summed E-state index contributed by atoms with van der Waals surface area (Å²) in [7, 11) is 0. The van der Waals surface area contributed by atoms with E-state index in [9.17, 15) is 29.7 Å². The monoisotopic (exact) mass is 416 g/mol. The van der Waals surface area contributed by atoms with E-state index in [-0.39, 0.29) is 29.2 Å². The summed E-state index contributed by atoms with van der Waals surface area (Å²) in [5.41, 5.74) is -1.59. The summed E-state index contributed by atoms with van der Waals surface area (Å²) in [6, 6.07) is 2.24. The van der Waals surface area contributed by atoms with Crippen molar-refractivity contribution in [1.82, 2.24) is 0 Å². The van der Waals surface area contributed by atoms with Gasteiger partial charge < -0.3 is 29.9 Å². The van der Waals surface area contributed by atoms with Gasteiger partial charge in [-0.05, 0) is 49.3 Å². The summed E-state index contributed by atoms with van der Waals surface area (Å²) in [4.78, 5) is 35.9. The average Bonchev–Trinajstić information content (AvgIpc) is 2.63. The fourth-order valence-electron chi connectivity index (χ4n) is 3.47. The molecule has 3 rings (SSSR count). The highest BCUT2D eigenvalue weighted by atomic mass is 16.6. The third kappa shape index (κ3) is 3.92. The minimum absolute atomic E-state index is 0.0798. The van der Waals surface area contributed by atoms with Crippen LogP contribution in [0.15, 0.2) is 47.8 Å². The number of rotatable bonds is 4. The number of aliphatic hydroxyl groups is 1. The van der Waals surface area contributed by atoms with Crippen LogP contribution in [0.25, 0.3) is 0 Å². The van der Waals surface area contributed by atoms with Gasteiger partial charge in [-0.2, -0.15) is 0 Å². The number of carbonyl (C=O) groups excluding carboxylic acids is 2. The fraction of sp³-hybridized carbons (Fsp3) is 0.286. The Bertz CT molecular complexity index is 990. The summed E-state index contributed by atoms with van der Waals surface area (Å²) in [6.07, 6.45) is 3.41. The standard InChI is InChI=1S/C21H20O9/c1-10-5-12(22)8-15(23)18(10)20(27)30-19-14-9-29-13(3-4-17(25)26)6-11(14)7-16(24)21(19,2)28/h3-8,14,19,22-23,28H,9H2,1-2H3,(H,25,26)/b4-3+/t14-,19+,21-/m1/s1. The Morgan fingerprint density at radius 1 is 1.27 bits per heavy atom. The van der Waals surface area contributed by atoms with Crippen molar-refractivity contribution in [2.45, 2.75) is 25.6 Å². The molecule has 1 aliphatic carbocycles. The first-order valence-electron chi connectivity index (χ1n) is 8.98. The van der Waals surface area contributed by atoms with Gasteiger partial charge in [-0.15, -0.1) is 0 Å². The molecule has 1 heterocycles. The number of carbonyl (C=O) groups is 3. The third-order valence-corrected chi connectivity index (χ3v) is 5.01. The molecule has 0 aromatic heterocycles. The normalized spacial score (nSPS) is 25.8. The van der Waals surface area contributed by atoms with Crippen molar-refractivity contribution < 1.29 is 44.3 Å². The van der Waals surface area contributed by atoms with Gasteiger partial charge in [-0.1, -0.05) is 0 Å². The lowest BCUT2D eigenvalue weighted by Crippen LogP contribution is -2.56. The van der Waals surface area contributed by atoms with E-state index in [1.165, 1.54) is 38.1 Å². The molecule has 0 fully saturated rings. The lowest BCUT2D eigenvalue weighted by molar-refractivity contribution is -0.151. The van der Waals surface area contributed by atoms with Gasteiger partial charge in [0.1, 0.15) is 28.9 Å². The molecule has 30 heavy (non-hydrogen) atoms. The Morgan fingerprint density at radius 3 is 2.60 bits per heavy atom. The zero-order valence-electron chi connectivity index (χ0n) is 16.2. The van der Waals surface area contributed by atoms with Gasteiger partial charge in [-0.25, -0.2) is 9.59 Å². The summed E-state index contributed by atoms with van der Waals surface area (Å²) < 4.78 is 10.9. The molecule has 2 aliphatic rings. The molecule has 158 valence electrons. The molecule has 0 saturated carbocycles. The van der Waals surface area contributed by atoms with E-state index in [2.05, 4.69) is 0 Å². The van der Waals surface area contributed by atoms with Crippen molar-refractivity contribution in [3.8, 4) is 11.5 Å². The van der Waals surface area contributed by atoms with Crippen LogP contribution in [-0.4, -0.2) is 56.5 Å². The number of aryl methyl sites for hydroxylation is 1. The van der Waals surface area contributed by atoms with E-state index < -0.39 is 41.1 Å². The lowest BCUT2D eigenvalue weighted by atomic mass is 9.75. The predicted molar refractivity (Wildman–Crippen MR) is 102 cm³/mol. The molecule has 9 nitrogen and oxygen atoms in total. The molecule has 0 saturated heterocycles. The van der Waals surface area contributed by atoms with Crippen LogP contribution in [0.4, 0.5) is 0 Å². The van der Waals surface area contributed by atoms with Crippen LogP contribution in [0.5, 0.6) is 11.5 Å². The molecule has 0 amide bonds. The van der Waals surface area contributed by atoms with E-state index in [0.717, 1.165) is 12.1 Å². The van der Waals surface area contributed by atoms with Crippen LogP contribution < -0.4 is 0 Å². The first-order chi connectivity index (χ1) is 14.0. The van der Waals surface area contributed by atoms with Gasteiger partial charge in [0.2, 0.25) is 0 Å². The number of benzene rings is 1. The maximum atomic E-state index is 12.7. The number of aromatic hydroxyl groups is 2. The highest BCUT2D eigenvalue weighted by molar-refractivity contribution is 6.00. The number of esters is 1. The van der Waals surface area contributed by atoms with Gasteiger partial charge in [0.05, 0.1) is 12.5 Å². The summed E-state index contributed by atoms with van der Waals surface area (Å²) >= 11 is 0. The van der Waals surface area contributed by atoms with E-state index in [1.807, 2.05) is 0 Å². The molecule has 0 bridgehead atoms. The second-order valence-electron chi connectivity index (χ2n) is 7.27. The predicted octanol–water partition coefficient (Wildman–Crippen LogP) is 1.36. The van der Waals surface area contributed by atoms with Gasteiger partial charge in [0, 0.05) is 12.1 Å². The first-order valence-corrected chi connectivity index (χ1v) is 8.98. The van der Waals surface area contributed by atoms with Crippen molar-refractivity contribution in [3.05, 3.63) is 58.9 Å². The number of hydrogen-bond donors (Lipinski definition) is 4. The highest BCUT2D eigenvalue weighted by Crippen LogP contribution is 2.38. The number of carboxylic acid groups (broad SMARTS) is 1. The van der Waals surface area contributed by atoms with Gasteiger partial charge >= 0.3 is 11.9 Å². The van der Waals surface area contributed by atoms with Gasteiger partial charge in [-0.3, -0.25) is 4.79 Å². The van der Waals surface area contributed by atoms with Crippen molar-refractivity contribution in [2.75, 3.05) is 6.61 Å². The SMILES string of the molecule is Cc1cc(O)cc(O)c1C(=O)O[C@H]1[C@@H]2COC(/C=C/C(=O)O)=CC2=CC(=O)[C@@]1(C)O. The molecule has 4 N–H and O–H groups in total. The van der Waals surface area contributed by atoms with Crippen LogP contribution in [0.2, 0.25) is 0 Å². The second-order valence-corrected chi connectivity index (χ2v) is 7.27. The first kappa shape index (κ1) is 21.1. The lowest BCUT2D eigenvalue weighted by Gasteiger charge is -2.41. The maximum absolute atomic E-state index is 12.7. The molecule has 1 aliphatic heterocycles. The van der Waals surface area contributed by atoms with Crippen LogP contribution in [-0.2, 0) is 19.1 Å². The van der Waals surface area contributed by atoms with Crippen LogP contribution >= 0.6 is 0 Å².